The van der Waals surface area contributed by atoms with Crippen molar-refractivity contribution in [1.29, 1.82) is 0 Å². The van der Waals surface area contributed by atoms with Gasteiger partial charge in [0.25, 0.3) is 0 Å². The van der Waals surface area contributed by atoms with E-state index in [2.05, 4.69) is 0 Å². The van der Waals surface area contributed by atoms with Gasteiger partial charge in [-0.1, -0.05) is 36.4 Å². The third-order valence-electron chi connectivity index (χ3n) is 3.11. The summed E-state index contributed by atoms with van der Waals surface area (Å²) in [5, 5.41) is 2.11. The monoisotopic (exact) mass is 312 g/mol. The predicted octanol–water partition coefficient (Wildman–Crippen LogP) is 3.74. The molecule has 0 aliphatic heterocycles. The maximum Gasteiger partial charge on any atom is 0.346 e. The Morgan fingerprint density at radius 2 is 1.61 bits per heavy atom. The van der Waals surface area contributed by atoms with Crippen LogP contribution in [0.1, 0.15) is 26.3 Å². The lowest BCUT2D eigenvalue weighted by Gasteiger charge is -2.20. The maximum absolute atomic E-state index is 12.2. The van der Waals surface area contributed by atoms with Gasteiger partial charge in [-0.2, -0.15) is 0 Å². The van der Waals surface area contributed by atoms with Crippen LogP contribution in [0.3, 0.4) is 0 Å². The van der Waals surface area contributed by atoms with Gasteiger partial charge in [-0.05, 0) is 49.2 Å². The average molecular weight is 312 g/mol. The molecule has 0 fully saturated rings. The summed E-state index contributed by atoms with van der Waals surface area (Å²) in [6.07, 6.45) is 1.49. The smallest absolute Gasteiger partial charge is 0.346 e. The van der Waals surface area contributed by atoms with Gasteiger partial charge in [-0.3, -0.25) is 0 Å². The Labute approximate surface area is 135 Å². The van der Waals surface area contributed by atoms with E-state index in [0.717, 1.165) is 16.3 Å². The minimum atomic E-state index is -0.715. The molecular formula is C19H20O4. The first kappa shape index (κ1) is 16.7. The SMILES string of the molecule is COC(=O)C(=Cc1ccc2ccccc2c1)C(=O)OC(C)(C)C. The number of esters is 2. The molecule has 0 bridgehead atoms. The number of hydrogen-bond donors (Lipinski definition) is 0. The first-order valence-electron chi connectivity index (χ1n) is 7.32. The molecule has 0 aliphatic rings. The number of carbonyl (C=O) groups is 2. The molecule has 120 valence electrons. The van der Waals surface area contributed by atoms with Crippen molar-refractivity contribution in [3.05, 3.63) is 53.6 Å². The largest absolute Gasteiger partial charge is 0.465 e. The summed E-state index contributed by atoms with van der Waals surface area (Å²) in [7, 11) is 1.24. The second-order valence-corrected chi connectivity index (χ2v) is 6.16. The van der Waals surface area contributed by atoms with Crippen LogP contribution in [0.4, 0.5) is 0 Å². The highest BCUT2D eigenvalue weighted by atomic mass is 16.6. The molecule has 4 nitrogen and oxygen atoms in total. The highest BCUT2D eigenvalue weighted by Gasteiger charge is 2.25. The molecule has 0 saturated carbocycles. The van der Waals surface area contributed by atoms with Crippen LogP contribution in [0.15, 0.2) is 48.0 Å². The van der Waals surface area contributed by atoms with Crippen molar-refractivity contribution in [2.45, 2.75) is 26.4 Å². The Bertz CT molecular complexity index is 766. The summed E-state index contributed by atoms with van der Waals surface area (Å²) >= 11 is 0. The first-order valence-corrected chi connectivity index (χ1v) is 7.32. The van der Waals surface area contributed by atoms with Crippen molar-refractivity contribution < 1.29 is 19.1 Å². The molecule has 0 aliphatic carbocycles. The lowest BCUT2D eigenvalue weighted by molar-refractivity contribution is -0.153. The van der Waals surface area contributed by atoms with Crippen LogP contribution in [0.2, 0.25) is 0 Å². The summed E-state index contributed by atoms with van der Waals surface area (Å²) in [6, 6.07) is 13.5. The van der Waals surface area contributed by atoms with Gasteiger partial charge in [-0.15, -0.1) is 0 Å². The molecule has 2 aromatic rings. The van der Waals surface area contributed by atoms with Crippen LogP contribution in [-0.4, -0.2) is 24.6 Å². The highest BCUT2D eigenvalue weighted by Crippen LogP contribution is 2.19. The Morgan fingerprint density at radius 3 is 2.22 bits per heavy atom. The van der Waals surface area contributed by atoms with E-state index < -0.39 is 17.5 Å². The minimum Gasteiger partial charge on any atom is -0.465 e. The standard InChI is InChI=1S/C19H20O4/c1-19(2,3)23-18(21)16(17(20)22-4)12-13-9-10-14-7-5-6-8-15(14)11-13/h5-12H,1-4H3. The highest BCUT2D eigenvalue weighted by molar-refractivity contribution is 6.17. The van der Waals surface area contributed by atoms with E-state index in [4.69, 9.17) is 9.47 Å². The molecule has 4 heteroatoms. The van der Waals surface area contributed by atoms with Gasteiger partial charge < -0.3 is 9.47 Å². The van der Waals surface area contributed by atoms with E-state index in [1.54, 1.807) is 20.8 Å². The fourth-order valence-electron chi connectivity index (χ4n) is 2.11. The molecule has 0 amide bonds. The van der Waals surface area contributed by atoms with E-state index in [1.807, 2.05) is 42.5 Å². The van der Waals surface area contributed by atoms with Crippen molar-refractivity contribution in [1.82, 2.24) is 0 Å². The predicted molar refractivity (Wildman–Crippen MR) is 89.8 cm³/mol. The molecular weight excluding hydrogens is 292 g/mol. The van der Waals surface area contributed by atoms with Crippen molar-refractivity contribution in [2.75, 3.05) is 7.11 Å². The van der Waals surface area contributed by atoms with Crippen LogP contribution < -0.4 is 0 Å². The van der Waals surface area contributed by atoms with Gasteiger partial charge in [0.1, 0.15) is 11.2 Å². The second kappa shape index (κ2) is 6.65. The first-order chi connectivity index (χ1) is 10.8. The van der Waals surface area contributed by atoms with E-state index in [9.17, 15) is 9.59 Å². The Balaban J connectivity index is 2.42. The number of ether oxygens (including phenoxy) is 2. The zero-order chi connectivity index (χ0) is 17.0. The molecule has 2 aromatic carbocycles. The molecule has 0 unspecified atom stereocenters. The van der Waals surface area contributed by atoms with Crippen LogP contribution in [0.5, 0.6) is 0 Å². The van der Waals surface area contributed by atoms with Crippen molar-refractivity contribution in [2.24, 2.45) is 0 Å². The maximum atomic E-state index is 12.2. The molecule has 0 heterocycles. The minimum absolute atomic E-state index is 0.127. The Kier molecular flexibility index (Phi) is 4.84. The molecule has 23 heavy (non-hydrogen) atoms. The molecule has 0 radical (unpaired) electrons. The van der Waals surface area contributed by atoms with Gasteiger partial charge in [0, 0.05) is 0 Å². The third kappa shape index (κ3) is 4.42. The van der Waals surface area contributed by atoms with Crippen LogP contribution in [-0.2, 0) is 19.1 Å². The van der Waals surface area contributed by atoms with Crippen molar-refractivity contribution in [3.8, 4) is 0 Å². The lowest BCUT2D eigenvalue weighted by Crippen LogP contribution is -2.27. The lowest BCUT2D eigenvalue weighted by atomic mass is 10.0. The molecule has 0 aromatic heterocycles. The topological polar surface area (TPSA) is 52.6 Å². The fourth-order valence-corrected chi connectivity index (χ4v) is 2.11. The van der Waals surface area contributed by atoms with Gasteiger partial charge in [0.05, 0.1) is 7.11 Å². The quantitative estimate of drug-likeness (QED) is 0.375. The van der Waals surface area contributed by atoms with E-state index in [-0.39, 0.29) is 5.57 Å². The average Bonchev–Trinajstić information content (AvgIpc) is 2.50. The zero-order valence-corrected chi connectivity index (χ0v) is 13.8. The number of methoxy groups -OCH3 is 1. The van der Waals surface area contributed by atoms with Crippen LogP contribution in [0, 0.1) is 0 Å². The summed E-state index contributed by atoms with van der Waals surface area (Å²) < 4.78 is 9.97. The zero-order valence-electron chi connectivity index (χ0n) is 13.8. The normalized spacial score (nSPS) is 12.1. The third-order valence-corrected chi connectivity index (χ3v) is 3.11. The van der Waals surface area contributed by atoms with Gasteiger partial charge in [-0.25, -0.2) is 9.59 Å². The second-order valence-electron chi connectivity index (χ2n) is 6.16. The van der Waals surface area contributed by atoms with E-state index in [0.29, 0.717) is 0 Å². The number of carbonyl (C=O) groups excluding carboxylic acids is 2. The van der Waals surface area contributed by atoms with Crippen molar-refractivity contribution in [3.63, 3.8) is 0 Å². The molecule has 2 rings (SSSR count). The van der Waals surface area contributed by atoms with Gasteiger partial charge in [0.2, 0.25) is 0 Å². The van der Waals surface area contributed by atoms with E-state index >= 15 is 0 Å². The van der Waals surface area contributed by atoms with Gasteiger partial charge in [0.15, 0.2) is 0 Å². The molecule has 0 atom stereocenters. The van der Waals surface area contributed by atoms with Crippen molar-refractivity contribution >= 4 is 28.8 Å². The summed E-state index contributed by atoms with van der Waals surface area (Å²) in [5.41, 5.74) is -0.0826. The fraction of sp³-hybridized carbons (Fsp3) is 0.263. The molecule has 0 spiro atoms. The van der Waals surface area contributed by atoms with Crippen LogP contribution in [0.25, 0.3) is 16.8 Å². The summed E-state index contributed by atoms with van der Waals surface area (Å²) in [6.45, 7) is 5.24. The Morgan fingerprint density at radius 1 is 0.957 bits per heavy atom. The number of benzene rings is 2. The number of hydrogen-bond acceptors (Lipinski definition) is 4. The molecule has 0 saturated heterocycles. The Hall–Kier alpha value is -2.62. The van der Waals surface area contributed by atoms with E-state index in [1.165, 1.54) is 13.2 Å². The summed E-state index contributed by atoms with van der Waals surface area (Å²) in [4.78, 5) is 24.2. The molecule has 0 N–H and O–H groups in total. The van der Waals surface area contributed by atoms with Gasteiger partial charge >= 0.3 is 11.9 Å². The van der Waals surface area contributed by atoms with Crippen LogP contribution >= 0.6 is 0 Å². The number of fused-ring (bicyclic) bond motifs is 1. The summed E-state index contributed by atoms with van der Waals surface area (Å²) in [5.74, 6) is -1.41. The number of rotatable bonds is 3.